The number of ether oxygens (including phenoxy) is 1. The van der Waals surface area contributed by atoms with E-state index in [2.05, 4.69) is 0 Å². The van der Waals surface area contributed by atoms with Gasteiger partial charge in [0.1, 0.15) is 18.2 Å². The second-order valence-corrected chi connectivity index (χ2v) is 4.71. The first-order valence-electron chi connectivity index (χ1n) is 5.57. The molecule has 0 heterocycles. The van der Waals surface area contributed by atoms with E-state index in [0.717, 1.165) is 0 Å². The zero-order valence-corrected chi connectivity index (χ0v) is 11.4. The van der Waals surface area contributed by atoms with E-state index in [1.807, 2.05) is 0 Å². The monoisotopic (exact) mass is 300 g/mol. The Morgan fingerprint density at radius 1 is 1.11 bits per heavy atom. The molecule has 0 fully saturated rings. The van der Waals surface area contributed by atoms with E-state index in [0.29, 0.717) is 26.9 Å². The number of aliphatic hydroxyl groups is 1. The maximum atomic E-state index is 13.1. The summed E-state index contributed by atoms with van der Waals surface area (Å²) in [5.41, 5.74) is 1.03. The lowest BCUT2D eigenvalue weighted by atomic mass is 10.2. The molecule has 0 saturated carbocycles. The van der Waals surface area contributed by atoms with Crippen molar-refractivity contribution < 1.29 is 14.2 Å². The Morgan fingerprint density at radius 3 is 2.63 bits per heavy atom. The quantitative estimate of drug-likeness (QED) is 0.917. The molecule has 19 heavy (non-hydrogen) atoms. The Kier molecular flexibility index (Phi) is 4.64. The van der Waals surface area contributed by atoms with Crippen LogP contribution >= 0.6 is 23.2 Å². The summed E-state index contributed by atoms with van der Waals surface area (Å²) in [4.78, 5) is 0. The van der Waals surface area contributed by atoms with Crippen LogP contribution in [0, 0.1) is 5.82 Å². The molecule has 0 spiro atoms. The van der Waals surface area contributed by atoms with Crippen molar-refractivity contribution >= 4 is 23.2 Å². The van der Waals surface area contributed by atoms with Crippen molar-refractivity contribution in [3.8, 4) is 5.75 Å². The van der Waals surface area contributed by atoms with Gasteiger partial charge in [-0.05, 0) is 30.3 Å². The summed E-state index contributed by atoms with van der Waals surface area (Å²) in [5, 5.41) is 10.1. The molecule has 0 saturated heterocycles. The predicted octanol–water partition coefficient (Wildman–Crippen LogP) is 4.20. The Labute approximate surface area is 120 Å². The van der Waals surface area contributed by atoms with E-state index in [1.165, 1.54) is 18.2 Å². The predicted molar refractivity (Wildman–Crippen MR) is 73.1 cm³/mol. The molecule has 2 aromatic rings. The molecule has 0 bridgehead atoms. The number of rotatable bonds is 4. The first-order valence-corrected chi connectivity index (χ1v) is 6.32. The second-order valence-electron chi connectivity index (χ2n) is 3.90. The molecular formula is C14H11Cl2FO2. The van der Waals surface area contributed by atoms with Crippen LogP contribution in [0.3, 0.4) is 0 Å². The molecule has 0 unspecified atom stereocenters. The van der Waals surface area contributed by atoms with Crippen LogP contribution in [-0.4, -0.2) is 5.11 Å². The van der Waals surface area contributed by atoms with Crippen LogP contribution in [0.1, 0.15) is 11.1 Å². The van der Waals surface area contributed by atoms with Crippen LogP contribution in [0.2, 0.25) is 10.0 Å². The summed E-state index contributed by atoms with van der Waals surface area (Å²) in [6.07, 6.45) is 0. The molecule has 100 valence electrons. The zero-order chi connectivity index (χ0) is 13.8. The van der Waals surface area contributed by atoms with E-state index >= 15 is 0 Å². The standard InChI is InChI=1S/C14H11Cl2FO2/c15-12-5-4-10(17)6-9(12)8-19-14-3-1-2-13(16)11(14)7-18/h1-6,18H,7-8H2. The van der Waals surface area contributed by atoms with Gasteiger partial charge in [-0.25, -0.2) is 4.39 Å². The van der Waals surface area contributed by atoms with Crippen LogP contribution in [0.15, 0.2) is 36.4 Å². The normalized spacial score (nSPS) is 10.5. The molecule has 0 aliphatic carbocycles. The van der Waals surface area contributed by atoms with Crippen molar-refractivity contribution in [2.24, 2.45) is 0 Å². The fraction of sp³-hybridized carbons (Fsp3) is 0.143. The molecule has 0 aliphatic rings. The molecular weight excluding hydrogens is 290 g/mol. The highest BCUT2D eigenvalue weighted by Crippen LogP contribution is 2.28. The van der Waals surface area contributed by atoms with Gasteiger partial charge in [0.15, 0.2) is 0 Å². The molecule has 2 rings (SSSR count). The number of hydrogen-bond acceptors (Lipinski definition) is 2. The maximum absolute atomic E-state index is 13.1. The number of hydrogen-bond donors (Lipinski definition) is 1. The highest BCUT2D eigenvalue weighted by Gasteiger charge is 2.09. The van der Waals surface area contributed by atoms with Crippen LogP contribution in [0.25, 0.3) is 0 Å². The fourth-order valence-electron chi connectivity index (χ4n) is 1.64. The largest absolute Gasteiger partial charge is 0.488 e. The van der Waals surface area contributed by atoms with Gasteiger partial charge in [0.2, 0.25) is 0 Å². The van der Waals surface area contributed by atoms with Gasteiger partial charge in [0.05, 0.1) is 6.61 Å². The second kappa shape index (κ2) is 6.24. The molecule has 0 aromatic heterocycles. The molecule has 0 aliphatic heterocycles. The lowest BCUT2D eigenvalue weighted by Crippen LogP contribution is -2.00. The number of halogens is 3. The lowest BCUT2D eigenvalue weighted by Gasteiger charge is -2.12. The van der Waals surface area contributed by atoms with E-state index in [1.54, 1.807) is 18.2 Å². The van der Waals surface area contributed by atoms with Crippen molar-refractivity contribution in [3.63, 3.8) is 0 Å². The minimum absolute atomic E-state index is 0.101. The number of benzene rings is 2. The van der Waals surface area contributed by atoms with E-state index in [-0.39, 0.29) is 19.0 Å². The summed E-state index contributed by atoms with van der Waals surface area (Å²) in [6.45, 7) is -0.129. The van der Waals surface area contributed by atoms with E-state index in [9.17, 15) is 9.50 Å². The summed E-state index contributed by atoms with van der Waals surface area (Å²) in [6, 6.07) is 9.13. The molecule has 0 atom stereocenters. The van der Waals surface area contributed by atoms with Gasteiger partial charge >= 0.3 is 0 Å². The Bertz CT molecular complexity index is 588. The summed E-state index contributed by atoms with van der Waals surface area (Å²) in [5.74, 6) is 0.0757. The Balaban J connectivity index is 2.19. The minimum Gasteiger partial charge on any atom is -0.488 e. The third-order valence-corrected chi connectivity index (χ3v) is 3.35. The van der Waals surface area contributed by atoms with Crippen LogP contribution in [-0.2, 0) is 13.2 Å². The van der Waals surface area contributed by atoms with Gasteiger partial charge in [-0.1, -0.05) is 29.3 Å². The summed E-state index contributed by atoms with van der Waals surface area (Å²) >= 11 is 11.9. The van der Waals surface area contributed by atoms with E-state index in [4.69, 9.17) is 27.9 Å². The van der Waals surface area contributed by atoms with Crippen LogP contribution in [0.5, 0.6) is 5.75 Å². The minimum atomic E-state index is -0.378. The molecule has 5 heteroatoms. The molecule has 1 N–H and O–H groups in total. The third kappa shape index (κ3) is 3.38. The van der Waals surface area contributed by atoms with Crippen LogP contribution < -0.4 is 4.74 Å². The highest BCUT2D eigenvalue weighted by molar-refractivity contribution is 6.31. The lowest BCUT2D eigenvalue weighted by molar-refractivity contribution is 0.259. The first kappa shape index (κ1) is 14.1. The average molecular weight is 301 g/mol. The van der Waals surface area contributed by atoms with Crippen molar-refractivity contribution in [2.45, 2.75) is 13.2 Å². The summed E-state index contributed by atoms with van der Waals surface area (Å²) in [7, 11) is 0. The molecule has 0 amide bonds. The fourth-order valence-corrected chi connectivity index (χ4v) is 2.03. The van der Waals surface area contributed by atoms with Gasteiger partial charge in [-0.15, -0.1) is 0 Å². The molecule has 2 nitrogen and oxygen atoms in total. The zero-order valence-electron chi connectivity index (χ0n) is 9.87. The topological polar surface area (TPSA) is 29.5 Å². The molecule has 0 radical (unpaired) electrons. The summed E-state index contributed by atoms with van der Waals surface area (Å²) < 4.78 is 18.6. The SMILES string of the molecule is OCc1c(Cl)cccc1OCc1cc(F)ccc1Cl. The average Bonchev–Trinajstić information content (AvgIpc) is 2.40. The first-order chi connectivity index (χ1) is 9.11. The van der Waals surface area contributed by atoms with Gasteiger partial charge in [-0.2, -0.15) is 0 Å². The maximum Gasteiger partial charge on any atom is 0.126 e. The van der Waals surface area contributed by atoms with Gasteiger partial charge in [0, 0.05) is 21.2 Å². The van der Waals surface area contributed by atoms with E-state index < -0.39 is 0 Å². The van der Waals surface area contributed by atoms with Gasteiger partial charge in [0.25, 0.3) is 0 Å². The van der Waals surface area contributed by atoms with Crippen molar-refractivity contribution in [3.05, 3.63) is 63.4 Å². The smallest absolute Gasteiger partial charge is 0.126 e. The van der Waals surface area contributed by atoms with Crippen LogP contribution in [0.4, 0.5) is 4.39 Å². The van der Waals surface area contributed by atoms with Gasteiger partial charge < -0.3 is 9.84 Å². The Hall–Kier alpha value is -1.29. The Morgan fingerprint density at radius 2 is 1.89 bits per heavy atom. The van der Waals surface area contributed by atoms with Crippen molar-refractivity contribution in [1.29, 1.82) is 0 Å². The highest BCUT2D eigenvalue weighted by atomic mass is 35.5. The van der Waals surface area contributed by atoms with Gasteiger partial charge in [-0.3, -0.25) is 0 Å². The van der Waals surface area contributed by atoms with Crippen molar-refractivity contribution in [1.82, 2.24) is 0 Å². The molecule has 2 aromatic carbocycles. The van der Waals surface area contributed by atoms with Crippen molar-refractivity contribution in [2.75, 3.05) is 0 Å². The number of aliphatic hydroxyl groups excluding tert-OH is 1. The third-order valence-electron chi connectivity index (χ3n) is 2.62.